The summed E-state index contributed by atoms with van der Waals surface area (Å²) >= 11 is 0. The maximum atomic E-state index is 13.4. The van der Waals surface area contributed by atoms with Crippen LogP contribution in [0.5, 0.6) is 0 Å². The van der Waals surface area contributed by atoms with Gasteiger partial charge >= 0.3 is 0 Å². The summed E-state index contributed by atoms with van der Waals surface area (Å²) < 4.78 is 26.5. The number of nitrogens with one attached hydrogen (secondary N) is 1. The molecule has 23 heavy (non-hydrogen) atoms. The second kappa shape index (κ2) is 6.36. The molecule has 0 aliphatic heterocycles. The molecular weight excluding hydrogens is 298 g/mol. The molecule has 0 aliphatic carbocycles. The number of hydrogen-bond donors (Lipinski definition) is 1. The van der Waals surface area contributed by atoms with E-state index in [1.165, 1.54) is 12.1 Å². The second-order valence-electron chi connectivity index (χ2n) is 4.88. The Balaban J connectivity index is 2.03. The van der Waals surface area contributed by atoms with E-state index < -0.39 is 11.6 Å². The molecule has 0 amide bonds. The van der Waals surface area contributed by atoms with Gasteiger partial charge in [-0.3, -0.25) is 9.89 Å². The summed E-state index contributed by atoms with van der Waals surface area (Å²) in [5.41, 5.74) is 2.97. The summed E-state index contributed by atoms with van der Waals surface area (Å²) in [6, 6.07) is 14.7. The molecule has 1 N–H and O–H groups in total. The van der Waals surface area contributed by atoms with Gasteiger partial charge in [0.15, 0.2) is 11.6 Å². The van der Waals surface area contributed by atoms with Gasteiger partial charge in [-0.2, -0.15) is 5.10 Å². The van der Waals surface area contributed by atoms with E-state index >= 15 is 0 Å². The van der Waals surface area contributed by atoms with Crippen molar-refractivity contribution in [1.82, 2.24) is 10.2 Å². The van der Waals surface area contributed by atoms with Crippen LogP contribution in [-0.4, -0.2) is 16.5 Å². The molecule has 3 aromatic rings. The van der Waals surface area contributed by atoms with Crippen molar-refractivity contribution in [2.45, 2.75) is 0 Å². The Bertz CT molecular complexity index is 870. The maximum Gasteiger partial charge on any atom is 0.159 e. The van der Waals surface area contributed by atoms with Crippen molar-refractivity contribution in [2.24, 2.45) is 0 Å². The van der Waals surface area contributed by atoms with Gasteiger partial charge in [0.25, 0.3) is 0 Å². The third kappa shape index (κ3) is 3.08. The van der Waals surface area contributed by atoms with E-state index in [-0.39, 0.29) is 0 Å². The summed E-state index contributed by atoms with van der Waals surface area (Å²) in [4.78, 5) is 10.9. The number of allylic oxidation sites excluding steroid dienone is 1. The fourth-order valence-electron chi connectivity index (χ4n) is 2.29. The van der Waals surface area contributed by atoms with Crippen molar-refractivity contribution in [1.29, 1.82) is 0 Å². The topological polar surface area (TPSA) is 45.8 Å². The Morgan fingerprint density at radius 1 is 1.00 bits per heavy atom. The number of benzene rings is 2. The van der Waals surface area contributed by atoms with Gasteiger partial charge < -0.3 is 0 Å². The van der Waals surface area contributed by atoms with Crippen LogP contribution in [0.4, 0.5) is 8.78 Å². The van der Waals surface area contributed by atoms with Gasteiger partial charge in [0, 0.05) is 11.1 Å². The van der Waals surface area contributed by atoms with Gasteiger partial charge in [-0.05, 0) is 29.8 Å². The number of H-pyrrole nitrogens is 1. The Morgan fingerprint density at radius 2 is 1.78 bits per heavy atom. The minimum atomic E-state index is -0.970. The minimum Gasteiger partial charge on any atom is -0.299 e. The first-order valence-corrected chi connectivity index (χ1v) is 6.91. The SMILES string of the molecule is O=C/C=C(\c1ccc(F)c(F)c1)c1cc(-c2ccccc2)n[nH]1. The molecule has 1 aromatic heterocycles. The fourth-order valence-corrected chi connectivity index (χ4v) is 2.29. The van der Waals surface area contributed by atoms with E-state index in [0.717, 1.165) is 17.7 Å². The van der Waals surface area contributed by atoms with Crippen LogP contribution in [0.15, 0.2) is 60.7 Å². The largest absolute Gasteiger partial charge is 0.299 e. The molecule has 2 aromatic carbocycles. The number of rotatable bonds is 4. The van der Waals surface area contributed by atoms with E-state index in [9.17, 15) is 13.6 Å². The van der Waals surface area contributed by atoms with Crippen molar-refractivity contribution >= 4 is 11.9 Å². The average molecular weight is 310 g/mol. The smallest absolute Gasteiger partial charge is 0.159 e. The normalized spacial score (nSPS) is 11.5. The number of aromatic nitrogens is 2. The lowest BCUT2D eigenvalue weighted by molar-refractivity contribution is -0.104. The predicted molar refractivity (Wildman–Crippen MR) is 83.5 cm³/mol. The quantitative estimate of drug-likeness (QED) is 0.585. The summed E-state index contributed by atoms with van der Waals surface area (Å²) in [5, 5.41) is 7.03. The Morgan fingerprint density at radius 3 is 2.48 bits per heavy atom. The van der Waals surface area contributed by atoms with Crippen LogP contribution in [0.3, 0.4) is 0 Å². The van der Waals surface area contributed by atoms with E-state index in [1.54, 1.807) is 6.07 Å². The van der Waals surface area contributed by atoms with Crippen molar-refractivity contribution in [3.63, 3.8) is 0 Å². The number of halogens is 2. The first-order chi connectivity index (χ1) is 11.2. The molecule has 3 rings (SSSR count). The summed E-state index contributed by atoms with van der Waals surface area (Å²) in [6.07, 6.45) is 1.88. The van der Waals surface area contributed by atoms with Crippen LogP contribution in [0.25, 0.3) is 16.8 Å². The van der Waals surface area contributed by atoms with Crippen LogP contribution >= 0.6 is 0 Å². The van der Waals surface area contributed by atoms with Crippen molar-refractivity contribution in [3.8, 4) is 11.3 Å². The molecule has 0 fully saturated rings. The molecule has 0 saturated carbocycles. The number of nitrogens with zero attached hydrogens (tertiary/aromatic N) is 1. The highest BCUT2D eigenvalue weighted by Gasteiger charge is 2.12. The molecule has 0 unspecified atom stereocenters. The highest BCUT2D eigenvalue weighted by atomic mass is 19.2. The molecule has 5 heteroatoms. The van der Waals surface area contributed by atoms with E-state index in [1.807, 2.05) is 30.3 Å². The fraction of sp³-hybridized carbons (Fsp3) is 0. The molecular formula is C18H12F2N2O. The number of aldehydes is 1. The Hall–Kier alpha value is -3.08. The minimum absolute atomic E-state index is 0.388. The van der Waals surface area contributed by atoms with Gasteiger partial charge in [0.05, 0.1) is 11.4 Å². The van der Waals surface area contributed by atoms with Crippen LogP contribution in [0, 0.1) is 11.6 Å². The molecule has 114 valence electrons. The van der Waals surface area contributed by atoms with E-state index in [4.69, 9.17) is 0 Å². The van der Waals surface area contributed by atoms with E-state index in [0.29, 0.717) is 28.8 Å². The van der Waals surface area contributed by atoms with Gasteiger partial charge in [0.2, 0.25) is 0 Å². The predicted octanol–water partition coefficient (Wildman–Crippen LogP) is 3.99. The standard InChI is InChI=1S/C18H12F2N2O/c19-15-7-6-13(10-16(15)20)14(8-9-23)18-11-17(21-22-18)12-4-2-1-3-5-12/h1-11H,(H,21,22)/b14-8+. The molecule has 0 bridgehead atoms. The monoisotopic (exact) mass is 310 g/mol. The zero-order valence-corrected chi connectivity index (χ0v) is 12.0. The van der Waals surface area contributed by atoms with Gasteiger partial charge in [0.1, 0.15) is 6.29 Å². The zero-order chi connectivity index (χ0) is 16.2. The molecule has 1 heterocycles. The average Bonchev–Trinajstić information content (AvgIpc) is 3.06. The molecule has 0 saturated heterocycles. The molecule has 3 nitrogen and oxygen atoms in total. The number of carbonyl (C=O) groups is 1. The molecule has 0 atom stereocenters. The highest BCUT2D eigenvalue weighted by molar-refractivity contribution is 5.89. The lowest BCUT2D eigenvalue weighted by atomic mass is 10.0. The van der Waals surface area contributed by atoms with Crippen molar-refractivity contribution < 1.29 is 13.6 Å². The lowest BCUT2D eigenvalue weighted by Gasteiger charge is -2.05. The third-order valence-corrected chi connectivity index (χ3v) is 3.40. The van der Waals surface area contributed by atoms with Crippen LogP contribution in [0.2, 0.25) is 0 Å². The molecule has 0 spiro atoms. The lowest BCUT2D eigenvalue weighted by Crippen LogP contribution is -1.92. The Kier molecular flexibility index (Phi) is 4.10. The Labute approximate surface area is 131 Å². The van der Waals surface area contributed by atoms with Crippen LogP contribution in [0.1, 0.15) is 11.3 Å². The van der Waals surface area contributed by atoms with E-state index in [2.05, 4.69) is 10.2 Å². The first kappa shape index (κ1) is 14.8. The van der Waals surface area contributed by atoms with Crippen LogP contribution < -0.4 is 0 Å². The van der Waals surface area contributed by atoms with Crippen LogP contribution in [-0.2, 0) is 4.79 Å². The van der Waals surface area contributed by atoms with Gasteiger partial charge in [-0.15, -0.1) is 0 Å². The summed E-state index contributed by atoms with van der Waals surface area (Å²) in [6.45, 7) is 0. The van der Waals surface area contributed by atoms with Gasteiger partial charge in [-0.1, -0.05) is 36.4 Å². The van der Waals surface area contributed by atoms with Gasteiger partial charge in [-0.25, -0.2) is 8.78 Å². The maximum absolute atomic E-state index is 13.4. The summed E-state index contributed by atoms with van der Waals surface area (Å²) in [7, 11) is 0. The molecule has 0 aliphatic rings. The summed E-state index contributed by atoms with van der Waals surface area (Å²) in [5.74, 6) is -1.91. The van der Waals surface area contributed by atoms with Crippen molar-refractivity contribution in [2.75, 3.05) is 0 Å². The second-order valence-corrected chi connectivity index (χ2v) is 4.88. The van der Waals surface area contributed by atoms with Crippen molar-refractivity contribution in [3.05, 3.63) is 83.6 Å². The number of aromatic amines is 1. The zero-order valence-electron chi connectivity index (χ0n) is 12.0. The molecule has 0 radical (unpaired) electrons. The third-order valence-electron chi connectivity index (χ3n) is 3.40. The highest BCUT2D eigenvalue weighted by Crippen LogP contribution is 2.26. The first-order valence-electron chi connectivity index (χ1n) is 6.91. The number of hydrogen-bond acceptors (Lipinski definition) is 2. The number of carbonyl (C=O) groups excluding carboxylic acids is 1.